The average molecular weight is 274 g/mol. The van der Waals surface area contributed by atoms with Crippen LogP contribution in [0.4, 0.5) is 11.6 Å². The van der Waals surface area contributed by atoms with Crippen molar-refractivity contribution in [3.63, 3.8) is 0 Å². The minimum Gasteiger partial charge on any atom is -0.370 e. The maximum atomic E-state index is 4.75. The van der Waals surface area contributed by atoms with Gasteiger partial charge in [-0.2, -0.15) is 0 Å². The number of aromatic nitrogens is 2. The molecule has 110 valence electrons. The predicted molar refractivity (Wildman–Crippen MR) is 83.3 cm³/mol. The topological polar surface area (TPSA) is 41.1 Å². The Kier molecular flexibility index (Phi) is 3.81. The predicted octanol–water partition coefficient (Wildman–Crippen LogP) is 3.15. The Labute approximate surface area is 122 Å². The first kappa shape index (κ1) is 13.7. The van der Waals surface area contributed by atoms with Crippen LogP contribution in [-0.4, -0.2) is 29.6 Å². The van der Waals surface area contributed by atoms with Crippen molar-refractivity contribution in [3.05, 3.63) is 11.4 Å². The summed E-state index contributed by atoms with van der Waals surface area (Å²) in [5, 5.41) is 3.37. The fraction of sp³-hybridized carbons (Fsp3) is 0.750. The minimum atomic E-state index is 0.873. The first-order valence-electron chi connectivity index (χ1n) is 8.01. The fourth-order valence-electron chi connectivity index (χ4n) is 2.73. The van der Waals surface area contributed by atoms with Crippen molar-refractivity contribution in [2.24, 2.45) is 11.8 Å². The molecule has 0 radical (unpaired) electrons. The number of rotatable bonds is 7. The highest BCUT2D eigenvalue weighted by molar-refractivity contribution is 5.58. The van der Waals surface area contributed by atoms with E-state index in [2.05, 4.69) is 29.0 Å². The van der Waals surface area contributed by atoms with Crippen LogP contribution < -0.4 is 10.2 Å². The van der Waals surface area contributed by atoms with Crippen molar-refractivity contribution in [1.29, 1.82) is 0 Å². The van der Waals surface area contributed by atoms with E-state index in [0.29, 0.717) is 0 Å². The van der Waals surface area contributed by atoms with Gasteiger partial charge in [-0.05, 0) is 58.3 Å². The van der Waals surface area contributed by atoms with Crippen molar-refractivity contribution >= 4 is 11.6 Å². The fourth-order valence-corrected chi connectivity index (χ4v) is 2.73. The van der Waals surface area contributed by atoms with Crippen molar-refractivity contribution < 1.29 is 0 Å². The van der Waals surface area contributed by atoms with Crippen LogP contribution in [-0.2, 0) is 0 Å². The van der Waals surface area contributed by atoms with E-state index < -0.39 is 0 Å². The summed E-state index contributed by atoms with van der Waals surface area (Å²) in [6, 6.07) is 0. The lowest BCUT2D eigenvalue weighted by Crippen LogP contribution is -2.30. The molecule has 3 rings (SSSR count). The Morgan fingerprint density at radius 1 is 1.05 bits per heavy atom. The van der Waals surface area contributed by atoms with Gasteiger partial charge < -0.3 is 10.2 Å². The molecule has 0 atom stereocenters. The summed E-state index contributed by atoms with van der Waals surface area (Å²) in [5.41, 5.74) is 1.21. The summed E-state index contributed by atoms with van der Waals surface area (Å²) in [6.45, 7) is 9.53. The van der Waals surface area contributed by atoms with Crippen LogP contribution in [0.3, 0.4) is 0 Å². The molecule has 0 aliphatic heterocycles. The summed E-state index contributed by atoms with van der Waals surface area (Å²) in [6.07, 6.45) is 5.57. The highest BCUT2D eigenvalue weighted by Crippen LogP contribution is 2.36. The molecule has 0 bridgehead atoms. The molecular formula is C16H26N4. The molecule has 20 heavy (non-hydrogen) atoms. The van der Waals surface area contributed by atoms with Gasteiger partial charge in [0.1, 0.15) is 17.5 Å². The molecule has 0 unspecified atom stereocenters. The zero-order valence-corrected chi connectivity index (χ0v) is 12.9. The third-order valence-corrected chi connectivity index (χ3v) is 4.23. The number of hydrogen-bond acceptors (Lipinski definition) is 4. The van der Waals surface area contributed by atoms with Crippen molar-refractivity contribution in [2.45, 2.75) is 46.5 Å². The summed E-state index contributed by atoms with van der Waals surface area (Å²) >= 11 is 0. The van der Waals surface area contributed by atoms with Crippen molar-refractivity contribution in [2.75, 3.05) is 29.9 Å². The summed E-state index contributed by atoms with van der Waals surface area (Å²) in [4.78, 5) is 11.8. The molecule has 2 fully saturated rings. The Hall–Kier alpha value is -1.32. The number of hydrogen-bond donors (Lipinski definition) is 1. The second-order valence-electron chi connectivity index (χ2n) is 6.39. The van der Waals surface area contributed by atoms with Crippen LogP contribution in [0.2, 0.25) is 0 Å². The molecule has 0 amide bonds. The maximum absolute atomic E-state index is 4.75. The highest BCUT2D eigenvalue weighted by Gasteiger charge is 2.31. The van der Waals surface area contributed by atoms with Gasteiger partial charge >= 0.3 is 0 Å². The van der Waals surface area contributed by atoms with Crippen LogP contribution >= 0.6 is 0 Å². The largest absolute Gasteiger partial charge is 0.370 e. The first-order valence-corrected chi connectivity index (χ1v) is 8.01. The Morgan fingerprint density at radius 3 is 2.15 bits per heavy atom. The average Bonchev–Trinajstić information content (AvgIpc) is 3.28. The quantitative estimate of drug-likeness (QED) is 0.829. The van der Waals surface area contributed by atoms with Gasteiger partial charge in [-0.15, -0.1) is 0 Å². The van der Waals surface area contributed by atoms with E-state index in [1.54, 1.807) is 0 Å². The van der Waals surface area contributed by atoms with Crippen molar-refractivity contribution in [3.8, 4) is 0 Å². The Bertz CT molecular complexity index is 464. The van der Waals surface area contributed by atoms with Crippen LogP contribution in [0.1, 0.15) is 44.0 Å². The molecule has 2 saturated carbocycles. The molecule has 2 aliphatic rings. The standard InChI is InChI=1S/C16H26N4/c1-4-17-15-11(2)16(19-12(3)18-15)20(9-13-5-6-13)10-14-7-8-14/h13-14H,4-10H2,1-3H3,(H,17,18,19). The maximum Gasteiger partial charge on any atom is 0.137 e. The second-order valence-corrected chi connectivity index (χ2v) is 6.39. The molecule has 0 saturated heterocycles. The van der Waals surface area contributed by atoms with E-state index in [4.69, 9.17) is 4.98 Å². The SMILES string of the molecule is CCNc1nc(C)nc(N(CC2CC2)CC2CC2)c1C. The van der Waals surface area contributed by atoms with Gasteiger partial charge in [-0.25, -0.2) is 9.97 Å². The lowest BCUT2D eigenvalue weighted by atomic mass is 10.2. The summed E-state index contributed by atoms with van der Waals surface area (Å²) in [7, 11) is 0. The zero-order chi connectivity index (χ0) is 14.1. The molecule has 0 aromatic carbocycles. The monoisotopic (exact) mass is 274 g/mol. The highest BCUT2D eigenvalue weighted by atomic mass is 15.2. The third-order valence-electron chi connectivity index (χ3n) is 4.23. The van der Waals surface area contributed by atoms with Crippen LogP contribution in [0, 0.1) is 25.7 Å². The van der Waals surface area contributed by atoms with Gasteiger partial charge in [0.2, 0.25) is 0 Å². The van der Waals surface area contributed by atoms with Crippen LogP contribution in [0.25, 0.3) is 0 Å². The molecule has 1 aromatic rings. The molecule has 2 aliphatic carbocycles. The molecule has 4 nitrogen and oxygen atoms in total. The smallest absolute Gasteiger partial charge is 0.137 e. The van der Waals surface area contributed by atoms with Gasteiger partial charge in [-0.1, -0.05) is 0 Å². The molecule has 0 spiro atoms. The summed E-state index contributed by atoms with van der Waals surface area (Å²) in [5.74, 6) is 4.83. The van der Waals surface area contributed by atoms with E-state index >= 15 is 0 Å². The first-order chi connectivity index (χ1) is 9.67. The normalized spacial score (nSPS) is 18.1. The van der Waals surface area contributed by atoms with Crippen LogP contribution in [0.5, 0.6) is 0 Å². The molecule has 1 N–H and O–H groups in total. The lowest BCUT2D eigenvalue weighted by molar-refractivity contribution is 0.667. The molecule has 1 heterocycles. The molecule has 4 heteroatoms. The van der Waals surface area contributed by atoms with Gasteiger partial charge in [0.25, 0.3) is 0 Å². The lowest BCUT2D eigenvalue weighted by Gasteiger charge is -2.26. The third kappa shape index (κ3) is 3.22. The summed E-state index contributed by atoms with van der Waals surface area (Å²) < 4.78 is 0. The van der Waals surface area contributed by atoms with E-state index in [-0.39, 0.29) is 0 Å². The van der Waals surface area contributed by atoms with E-state index in [1.807, 2.05) is 6.92 Å². The zero-order valence-electron chi connectivity index (χ0n) is 12.9. The number of nitrogens with one attached hydrogen (secondary N) is 1. The number of aryl methyl sites for hydroxylation is 1. The van der Waals surface area contributed by atoms with E-state index in [0.717, 1.165) is 35.8 Å². The number of nitrogens with zero attached hydrogens (tertiary/aromatic N) is 3. The minimum absolute atomic E-state index is 0.873. The van der Waals surface area contributed by atoms with Gasteiger partial charge in [-0.3, -0.25) is 0 Å². The molecular weight excluding hydrogens is 248 g/mol. The van der Waals surface area contributed by atoms with E-state index in [1.165, 1.54) is 44.3 Å². The number of anilines is 2. The van der Waals surface area contributed by atoms with E-state index in [9.17, 15) is 0 Å². The van der Waals surface area contributed by atoms with Gasteiger partial charge in [0.15, 0.2) is 0 Å². The Morgan fingerprint density at radius 2 is 1.65 bits per heavy atom. The van der Waals surface area contributed by atoms with Crippen LogP contribution in [0.15, 0.2) is 0 Å². The van der Waals surface area contributed by atoms with Gasteiger partial charge in [0, 0.05) is 25.2 Å². The molecule has 1 aromatic heterocycles. The van der Waals surface area contributed by atoms with Crippen molar-refractivity contribution in [1.82, 2.24) is 9.97 Å². The Balaban J connectivity index is 1.86. The second kappa shape index (κ2) is 5.58. The van der Waals surface area contributed by atoms with Gasteiger partial charge in [0.05, 0.1) is 0 Å².